The first kappa shape index (κ1) is 12.9. The number of nitrogens with two attached hydrogens (primary N) is 1. The van der Waals surface area contributed by atoms with Gasteiger partial charge in [-0.25, -0.2) is 4.98 Å². The van der Waals surface area contributed by atoms with Crippen LogP contribution in [0.4, 0.5) is 5.82 Å². The summed E-state index contributed by atoms with van der Waals surface area (Å²) in [5.41, 5.74) is 6.18. The molecule has 88 valence electrons. The summed E-state index contributed by atoms with van der Waals surface area (Å²) in [5, 5.41) is 3.30. The van der Waals surface area contributed by atoms with E-state index in [1.165, 1.54) is 0 Å². The molecule has 0 spiro atoms. The summed E-state index contributed by atoms with van der Waals surface area (Å²) >= 11 is 4.88. The monoisotopic (exact) mass is 238 g/mol. The van der Waals surface area contributed by atoms with Crippen molar-refractivity contribution in [3.63, 3.8) is 0 Å². The summed E-state index contributed by atoms with van der Waals surface area (Å²) in [5.74, 6) is 0.805. The molecule has 1 unspecified atom stereocenters. The molecule has 5 heteroatoms. The van der Waals surface area contributed by atoms with E-state index in [9.17, 15) is 0 Å². The maximum absolute atomic E-state index is 5.53. The molecule has 4 nitrogen and oxygen atoms in total. The molecule has 1 aromatic heterocycles. The number of hydrogen-bond donors (Lipinski definition) is 2. The molecule has 0 bridgehead atoms. The molecular formula is C11H18N4S. The molecule has 16 heavy (non-hydrogen) atoms. The summed E-state index contributed by atoms with van der Waals surface area (Å²) < 4.78 is 0. The molecule has 0 aliphatic heterocycles. The van der Waals surface area contributed by atoms with Crippen LogP contribution in [0.3, 0.4) is 0 Å². The lowest BCUT2D eigenvalue weighted by Gasteiger charge is -2.18. The van der Waals surface area contributed by atoms with Gasteiger partial charge in [0.15, 0.2) is 0 Å². The van der Waals surface area contributed by atoms with Crippen molar-refractivity contribution in [1.29, 1.82) is 0 Å². The maximum atomic E-state index is 5.53. The summed E-state index contributed by atoms with van der Waals surface area (Å²) in [7, 11) is 4.08. The van der Waals surface area contributed by atoms with Gasteiger partial charge in [-0.2, -0.15) is 0 Å². The molecule has 0 amide bonds. The minimum Gasteiger partial charge on any atom is -0.388 e. The second-order valence-corrected chi connectivity index (χ2v) is 4.52. The van der Waals surface area contributed by atoms with Gasteiger partial charge in [0.05, 0.1) is 5.69 Å². The Balaban J connectivity index is 2.66. The highest BCUT2D eigenvalue weighted by molar-refractivity contribution is 7.80. The van der Waals surface area contributed by atoms with Gasteiger partial charge in [0, 0.05) is 12.6 Å². The minimum atomic E-state index is 0.323. The summed E-state index contributed by atoms with van der Waals surface area (Å²) in [6, 6.07) is 5.94. The fourth-order valence-electron chi connectivity index (χ4n) is 1.50. The minimum absolute atomic E-state index is 0.323. The van der Waals surface area contributed by atoms with Crippen LogP contribution in [0.1, 0.15) is 12.6 Å². The maximum Gasteiger partial charge on any atom is 0.126 e. The van der Waals surface area contributed by atoms with Crippen LogP contribution in [0, 0.1) is 0 Å². The number of aromatic nitrogens is 1. The molecule has 0 aromatic carbocycles. The highest BCUT2D eigenvalue weighted by Gasteiger charge is 2.05. The van der Waals surface area contributed by atoms with Crippen LogP contribution in [0.2, 0.25) is 0 Å². The van der Waals surface area contributed by atoms with E-state index in [0.717, 1.165) is 12.4 Å². The normalized spacial score (nSPS) is 12.5. The molecular weight excluding hydrogens is 220 g/mol. The predicted molar refractivity (Wildman–Crippen MR) is 71.8 cm³/mol. The number of nitrogens with one attached hydrogen (secondary N) is 1. The number of nitrogens with zero attached hydrogens (tertiary/aromatic N) is 2. The molecule has 0 radical (unpaired) electrons. The van der Waals surface area contributed by atoms with Crippen molar-refractivity contribution in [3.8, 4) is 0 Å². The molecule has 1 heterocycles. The Labute approximate surface area is 102 Å². The lowest BCUT2D eigenvalue weighted by Crippen LogP contribution is -2.30. The summed E-state index contributed by atoms with van der Waals surface area (Å²) in [6.07, 6.45) is 0. The van der Waals surface area contributed by atoms with Gasteiger partial charge in [-0.15, -0.1) is 0 Å². The number of pyridine rings is 1. The van der Waals surface area contributed by atoms with Crippen LogP contribution in [0.5, 0.6) is 0 Å². The molecule has 0 fully saturated rings. The summed E-state index contributed by atoms with van der Waals surface area (Å²) in [4.78, 5) is 6.77. The third-order valence-corrected chi connectivity index (χ3v) is 2.24. The van der Waals surface area contributed by atoms with Gasteiger partial charge in [0.25, 0.3) is 0 Å². The first-order valence-corrected chi connectivity index (χ1v) is 5.58. The zero-order valence-corrected chi connectivity index (χ0v) is 10.7. The Morgan fingerprint density at radius 3 is 2.81 bits per heavy atom. The third-order valence-electron chi connectivity index (χ3n) is 2.03. The first-order valence-electron chi connectivity index (χ1n) is 5.17. The van der Waals surface area contributed by atoms with E-state index in [1.807, 2.05) is 32.3 Å². The largest absolute Gasteiger partial charge is 0.388 e. The molecule has 0 saturated carbocycles. The van der Waals surface area contributed by atoms with Crippen LogP contribution in [-0.2, 0) is 0 Å². The van der Waals surface area contributed by atoms with E-state index in [2.05, 4.69) is 22.1 Å². The zero-order chi connectivity index (χ0) is 12.1. The SMILES string of the molecule is CC(CN(C)C)Nc1cccc(C(N)=S)n1. The third kappa shape index (κ3) is 4.12. The van der Waals surface area contributed by atoms with Gasteiger partial charge < -0.3 is 16.0 Å². The van der Waals surface area contributed by atoms with Gasteiger partial charge in [0.2, 0.25) is 0 Å². The van der Waals surface area contributed by atoms with Crippen molar-refractivity contribution in [2.45, 2.75) is 13.0 Å². The van der Waals surface area contributed by atoms with Gasteiger partial charge in [-0.05, 0) is 33.2 Å². The van der Waals surface area contributed by atoms with Gasteiger partial charge in [-0.3, -0.25) is 0 Å². The van der Waals surface area contributed by atoms with Gasteiger partial charge in [0.1, 0.15) is 10.8 Å². The zero-order valence-electron chi connectivity index (χ0n) is 9.90. The first-order chi connectivity index (χ1) is 7.49. The molecule has 1 aromatic rings. The summed E-state index contributed by atoms with van der Waals surface area (Å²) in [6.45, 7) is 3.05. The van der Waals surface area contributed by atoms with Crippen molar-refractivity contribution in [1.82, 2.24) is 9.88 Å². The van der Waals surface area contributed by atoms with Gasteiger partial charge >= 0.3 is 0 Å². The van der Waals surface area contributed by atoms with Crippen LogP contribution in [-0.4, -0.2) is 41.6 Å². The van der Waals surface area contributed by atoms with E-state index in [1.54, 1.807) is 0 Å². The molecule has 3 N–H and O–H groups in total. The highest BCUT2D eigenvalue weighted by Crippen LogP contribution is 2.06. The quantitative estimate of drug-likeness (QED) is 0.752. The second kappa shape index (κ2) is 5.77. The van der Waals surface area contributed by atoms with Crippen molar-refractivity contribution >= 4 is 23.0 Å². The number of hydrogen-bond acceptors (Lipinski definition) is 4. The van der Waals surface area contributed by atoms with Crippen molar-refractivity contribution < 1.29 is 0 Å². The Morgan fingerprint density at radius 2 is 2.25 bits per heavy atom. The molecule has 1 atom stereocenters. The Morgan fingerprint density at radius 1 is 1.56 bits per heavy atom. The van der Waals surface area contributed by atoms with E-state index >= 15 is 0 Å². The van der Waals surface area contributed by atoms with Crippen LogP contribution in [0.25, 0.3) is 0 Å². The number of rotatable bonds is 5. The molecule has 0 aliphatic carbocycles. The number of likely N-dealkylation sites (N-methyl/N-ethyl adjacent to an activating group) is 1. The van der Waals surface area contributed by atoms with Gasteiger partial charge in [-0.1, -0.05) is 18.3 Å². The fraction of sp³-hybridized carbons (Fsp3) is 0.455. The molecule has 1 rings (SSSR count). The van der Waals surface area contributed by atoms with Crippen molar-refractivity contribution in [2.75, 3.05) is 26.0 Å². The predicted octanol–water partition coefficient (Wildman–Crippen LogP) is 1.08. The van der Waals surface area contributed by atoms with Crippen LogP contribution < -0.4 is 11.1 Å². The molecule has 0 saturated heterocycles. The van der Waals surface area contributed by atoms with Crippen molar-refractivity contribution in [2.24, 2.45) is 5.73 Å². The average molecular weight is 238 g/mol. The Hall–Kier alpha value is -1.20. The highest BCUT2D eigenvalue weighted by atomic mass is 32.1. The lowest BCUT2D eigenvalue weighted by atomic mass is 10.3. The Kier molecular flexibility index (Phi) is 4.64. The second-order valence-electron chi connectivity index (χ2n) is 4.08. The fourth-order valence-corrected chi connectivity index (χ4v) is 1.61. The lowest BCUT2D eigenvalue weighted by molar-refractivity contribution is 0.392. The number of thiocarbonyl (C=S) groups is 1. The number of anilines is 1. The van der Waals surface area contributed by atoms with E-state index in [0.29, 0.717) is 16.7 Å². The Bertz CT molecular complexity index is 365. The molecule has 0 aliphatic rings. The van der Waals surface area contributed by atoms with E-state index in [-0.39, 0.29) is 0 Å². The van der Waals surface area contributed by atoms with Crippen LogP contribution >= 0.6 is 12.2 Å². The smallest absolute Gasteiger partial charge is 0.126 e. The van der Waals surface area contributed by atoms with Crippen molar-refractivity contribution in [3.05, 3.63) is 23.9 Å². The van der Waals surface area contributed by atoms with E-state index in [4.69, 9.17) is 18.0 Å². The standard InChI is InChI=1S/C11H18N4S/c1-8(7-15(2)3)13-10-6-4-5-9(14-10)11(12)16/h4-6,8H,7H2,1-3H3,(H2,12,16)(H,13,14). The van der Waals surface area contributed by atoms with E-state index < -0.39 is 0 Å². The average Bonchev–Trinajstić information content (AvgIpc) is 2.16. The van der Waals surface area contributed by atoms with Crippen LogP contribution in [0.15, 0.2) is 18.2 Å². The topological polar surface area (TPSA) is 54.2 Å².